The zero-order valence-electron chi connectivity index (χ0n) is 17.5. The van der Waals surface area contributed by atoms with Gasteiger partial charge in [0.25, 0.3) is 5.91 Å². The van der Waals surface area contributed by atoms with Crippen molar-refractivity contribution in [3.05, 3.63) is 59.2 Å². The number of nitrogens with zero attached hydrogens (tertiary/aromatic N) is 1. The van der Waals surface area contributed by atoms with E-state index in [0.29, 0.717) is 18.8 Å². The molecule has 33 heavy (non-hydrogen) atoms. The van der Waals surface area contributed by atoms with E-state index in [1.54, 1.807) is 6.92 Å². The molecule has 0 spiro atoms. The number of hydrogen-bond donors (Lipinski definition) is 1. The van der Waals surface area contributed by atoms with Gasteiger partial charge in [0, 0.05) is 18.8 Å². The van der Waals surface area contributed by atoms with Crippen LogP contribution in [0.15, 0.2) is 47.4 Å². The molecule has 1 amide bonds. The van der Waals surface area contributed by atoms with Gasteiger partial charge in [-0.1, -0.05) is 6.07 Å². The van der Waals surface area contributed by atoms with Crippen molar-refractivity contribution in [3.8, 4) is 0 Å². The van der Waals surface area contributed by atoms with Crippen LogP contribution in [-0.2, 0) is 30.5 Å². The van der Waals surface area contributed by atoms with Crippen molar-refractivity contribution in [2.45, 2.75) is 18.0 Å². The normalized spacial score (nSPS) is 15.2. The minimum Gasteiger partial charge on any atom is -0.452 e. The molecule has 0 aromatic heterocycles. The number of nitrogens with one attached hydrogen (secondary N) is 1. The van der Waals surface area contributed by atoms with Crippen LogP contribution in [0, 0.1) is 6.92 Å². The maximum atomic E-state index is 12.9. The molecule has 0 radical (unpaired) electrons. The van der Waals surface area contributed by atoms with E-state index in [9.17, 15) is 31.2 Å². The number of esters is 1. The number of amides is 1. The van der Waals surface area contributed by atoms with Gasteiger partial charge in [-0.05, 0) is 48.9 Å². The standard InChI is InChI=1S/C21H21F3N2O6S/c1-14-2-7-17(12-18(14)33(29,30)26-8-10-31-11-9-26)25-19(27)13-32-20(28)15-3-5-16(6-4-15)21(22,23)24/h2-7,12H,8-11,13H2,1H3,(H,25,27). The quantitative estimate of drug-likeness (QED) is 0.630. The lowest BCUT2D eigenvalue weighted by Crippen LogP contribution is -2.40. The van der Waals surface area contributed by atoms with Gasteiger partial charge in [0.05, 0.1) is 29.2 Å². The molecule has 0 aliphatic carbocycles. The summed E-state index contributed by atoms with van der Waals surface area (Å²) < 4.78 is 75.0. The first-order chi connectivity index (χ1) is 15.5. The summed E-state index contributed by atoms with van der Waals surface area (Å²) in [5, 5.41) is 2.45. The predicted octanol–water partition coefficient (Wildman–Crippen LogP) is 2.83. The van der Waals surface area contributed by atoms with E-state index in [1.165, 1.54) is 22.5 Å². The number of rotatable bonds is 6. The van der Waals surface area contributed by atoms with Crippen molar-refractivity contribution >= 4 is 27.6 Å². The molecule has 1 N–H and O–H groups in total. The highest BCUT2D eigenvalue weighted by Crippen LogP contribution is 2.29. The average Bonchev–Trinajstić information content (AvgIpc) is 2.78. The molecule has 2 aromatic carbocycles. The van der Waals surface area contributed by atoms with Crippen LogP contribution in [-0.4, -0.2) is 57.5 Å². The second-order valence-corrected chi connectivity index (χ2v) is 9.10. The summed E-state index contributed by atoms with van der Waals surface area (Å²) in [5.41, 5.74) is -0.389. The summed E-state index contributed by atoms with van der Waals surface area (Å²) in [6.45, 7) is 1.94. The van der Waals surface area contributed by atoms with E-state index < -0.39 is 40.2 Å². The number of alkyl halides is 3. The van der Waals surface area contributed by atoms with Gasteiger partial charge in [0.15, 0.2) is 6.61 Å². The number of aryl methyl sites for hydroxylation is 1. The summed E-state index contributed by atoms with van der Waals surface area (Å²) >= 11 is 0. The molecule has 2 aromatic rings. The topological polar surface area (TPSA) is 102 Å². The van der Waals surface area contributed by atoms with Crippen molar-refractivity contribution in [2.24, 2.45) is 0 Å². The van der Waals surface area contributed by atoms with Gasteiger partial charge in [-0.15, -0.1) is 0 Å². The Hall–Kier alpha value is -2.96. The lowest BCUT2D eigenvalue weighted by molar-refractivity contribution is -0.137. The molecule has 0 unspecified atom stereocenters. The monoisotopic (exact) mass is 486 g/mol. The van der Waals surface area contributed by atoms with Crippen LogP contribution in [0.4, 0.5) is 18.9 Å². The molecule has 0 atom stereocenters. The van der Waals surface area contributed by atoms with Gasteiger partial charge < -0.3 is 14.8 Å². The third-order valence-corrected chi connectivity index (χ3v) is 6.88. The second kappa shape index (κ2) is 9.89. The van der Waals surface area contributed by atoms with Crippen molar-refractivity contribution in [1.29, 1.82) is 0 Å². The Morgan fingerprint density at radius 1 is 1.09 bits per heavy atom. The molecular weight excluding hydrogens is 465 g/mol. The highest BCUT2D eigenvalue weighted by molar-refractivity contribution is 7.89. The van der Waals surface area contributed by atoms with Crippen molar-refractivity contribution in [1.82, 2.24) is 4.31 Å². The predicted molar refractivity (Wildman–Crippen MR) is 111 cm³/mol. The van der Waals surface area contributed by atoms with Gasteiger partial charge in [0.2, 0.25) is 10.0 Å². The van der Waals surface area contributed by atoms with E-state index in [1.807, 2.05) is 0 Å². The van der Waals surface area contributed by atoms with Crippen LogP contribution < -0.4 is 5.32 Å². The van der Waals surface area contributed by atoms with E-state index in [0.717, 1.165) is 24.3 Å². The summed E-state index contributed by atoms with van der Waals surface area (Å²) in [7, 11) is -3.79. The maximum Gasteiger partial charge on any atom is 0.416 e. The first-order valence-corrected chi connectivity index (χ1v) is 11.3. The Kier molecular flexibility index (Phi) is 7.40. The van der Waals surface area contributed by atoms with Crippen LogP contribution in [0.1, 0.15) is 21.5 Å². The smallest absolute Gasteiger partial charge is 0.416 e. The van der Waals surface area contributed by atoms with E-state index >= 15 is 0 Å². The molecule has 3 rings (SSSR count). The molecule has 0 saturated carbocycles. The van der Waals surface area contributed by atoms with Gasteiger partial charge >= 0.3 is 12.1 Å². The SMILES string of the molecule is Cc1ccc(NC(=O)COC(=O)c2ccc(C(F)(F)F)cc2)cc1S(=O)(=O)N1CCOCC1. The summed E-state index contributed by atoms with van der Waals surface area (Å²) in [5.74, 6) is -1.72. The molecule has 12 heteroatoms. The Morgan fingerprint density at radius 3 is 2.33 bits per heavy atom. The maximum absolute atomic E-state index is 12.9. The Balaban J connectivity index is 1.62. The van der Waals surface area contributed by atoms with E-state index in [2.05, 4.69) is 5.32 Å². The number of anilines is 1. The highest BCUT2D eigenvalue weighted by Gasteiger charge is 2.30. The lowest BCUT2D eigenvalue weighted by Gasteiger charge is -2.26. The number of benzene rings is 2. The van der Waals surface area contributed by atoms with E-state index in [-0.39, 0.29) is 29.2 Å². The molecule has 178 valence electrons. The number of ether oxygens (including phenoxy) is 2. The van der Waals surface area contributed by atoms with Gasteiger partial charge in [-0.25, -0.2) is 13.2 Å². The third kappa shape index (κ3) is 6.09. The third-order valence-electron chi connectivity index (χ3n) is 4.84. The number of halogens is 3. The van der Waals surface area contributed by atoms with Crippen LogP contribution in [0.25, 0.3) is 0 Å². The Morgan fingerprint density at radius 2 is 1.73 bits per heavy atom. The molecule has 1 aliphatic rings. The van der Waals surface area contributed by atoms with Crippen LogP contribution in [0.3, 0.4) is 0 Å². The van der Waals surface area contributed by atoms with Gasteiger partial charge in [-0.3, -0.25) is 4.79 Å². The number of morpholine rings is 1. The highest BCUT2D eigenvalue weighted by atomic mass is 32.2. The van der Waals surface area contributed by atoms with Crippen molar-refractivity contribution in [2.75, 3.05) is 38.2 Å². The fraction of sp³-hybridized carbons (Fsp3) is 0.333. The zero-order valence-corrected chi connectivity index (χ0v) is 18.3. The Bertz CT molecular complexity index is 1130. The fourth-order valence-corrected chi connectivity index (χ4v) is 4.75. The number of hydrogen-bond acceptors (Lipinski definition) is 6. The lowest BCUT2D eigenvalue weighted by atomic mass is 10.1. The molecule has 1 saturated heterocycles. The largest absolute Gasteiger partial charge is 0.452 e. The molecule has 1 fully saturated rings. The molecule has 8 nitrogen and oxygen atoms in total. The van der Waals surface area contributed by atoms with Gasteiger partial charge in [0.1, 0.15) is 0 Å². The zero-order chi connectivity index (χ0) is 24.2. The minimum atomic E-state index is -4.54. The minimum absolute atomic E-state index is 0.0314. The number of carbonyl (C=O) groups excluding carboxylic acids is 2. The van der Waals surface area contributed by atoms with Crippen LogP contribution >= 0.6 is 0 Å². The molecule has 1 heterocycles. The van der Waals surface area contributed by atoms with Crippen LogP contribution in [0.5, 0.6) is 0 Å². The first-order valence-electron chi connectivity index (χ1n) is 9.81. The number of sulfonamides is 1. The van der Waals surface area contributed by atoms with Crippen molar-refractivity contribution < 1.29 is 40.7 Å². The van der Waals surface area contributed by atoms with Crippen molar-refractivity contribution in [3.63, 3.8) is 0 Å². The Labute approximate surface area is 188 Å². The van der Waals surface area contributed by atoms with Crippen LogP contribution in [0.2, 0.25) is 0 Å². The molecule has 0 bridgehead atoms. The summed E-state index contributed by atoms with van der Waals surface area (Å²) in [4.78, 5) is 24.2. The molecule has 1 aliphatic heterocycles. The molecular formula is C21H21F3N2O6S. The van der Waals surface area contributed by atoms with Gasteiger partial charge in [-0.2, -0.15) is 17.5 Å². The fourth-order valence-electron chi connectivity index (χ4n) is 3.09. The summed E-state index contributed by atoms with van der Waals surface area (Å²) in [6, 6.07) is 7.73. The average molecular weight is 486 g/mol. The van der Waals surface area contributed by atoms with E-state index in [4.69, 9.17) is 9.47 Å². The second-order valence-electron chi connectivity index (χ2n) is 7.20. The number of carbonyl (C=O) groups is 2. The first kappa shape index (κ1) is 24.7. The summed E-state index contributed by atoms with van der Waals surface area (Å²) in [6.07, 6.45) is -4.54.